The molecule has 0 aliphatic rings. The molecule has 76 valence electrons. The highest BCUT2D eigenvalue weighted by Gasteiger charge is 2.02. The van der Waals surface area contributed by atoms with E-state index in [9.17, 15) is 0 Å². The zero-order chi connectivity index (χ0) is 10.6. The van der Waals surface area contributed by atoms with Gasteiger partial charge in [0.2, 0.25) is 0 Å². The van der Waals surface area contributed by atoms with E-state index >= 15 is 0 Å². The molecular weight excluding hydrogens is 178 g/mol. The van der Waals surface area contributed by atoms with Crippen LogP contribution in [-0.2, 0) is 0 Å². The Bertz CT molecular complexity index is 336. The number of oxime groups is 1. The van der Waals surface area contributed by atoms with Crippen molar-refractivity contribution >= 4 is 12.0 Å². The van der Waals surface area contributed by atoms with Gasteiger partial charge in [-0.2, -0.15) is 0 Å². The molecule has 0 amide bonds. The third kappa shape index (κ3) is 2.22. The molecule has 0 aliphatic heterocycles. The molecule has 0 aromatic carbocycles. The second-order valence-corrected chi connectivity index (χ2v) is 3.16. The summed E-state index contributed by atoms with van der Waals surface area (Å²) in [7, 11) is 1.99. The Balaban J connectivity index is 3.00. The van der Waals surface area contributed by atoms with Gasteiger partial charge >= 0.3 is 0 Å². The number of hydrogen-bond acceptors (Lipinski definition) is 4. The zero-order valence-electron chi connectivity index (χ0n) is 8.73. The highest BCUT2D eigenvalue weighted by Crippen LogP contribution is 2.13. The minimum absolute atomic E-state index is 0.834. The second-order valence-electron chi connectivity index (χ2n) is 3.16. The number of pyridine rings is 1. The molecule has 0 spiro atoms. The fourth-order valence-electron chi connectivity index (χ4n) is 1.12. The molecule has 1 rings (SSSR count). The zero-order valence-corrected chi connectivity index (χ0v) is 8.73. The van der Waals surface area contributed by atoms with Crippen LogP contribution in [0.5, 0.6) is 0 Å². The molecule has 0 saturated heterocycles. The maximum absolute atomic E-state index is 8.40. The van der Waals surface area contributed by atoms with E-state index < -0.39 is 0 Å². The predicted molar refractivity (Wildman–Crippen MR) is 57.3 cm³/mol. The Labute approximate surface area is 83.9 Å². The Kier molecular flexibility index (Phi) is 3.45. The number of aryl methyl sites for hydroxylation is 1. The standard InChI is InChI=1S/C10H15N3O/c1-4-13(3)10-5-8(2)9(6-11-10)7-12-14/h5-7,14H,4H2,1-3H3/b12-7-. The highest BCUT2D eigenvalue weighted by molar-refractivity contribution is 5.81. The van der Waals surface area contributed by atoms with E-state index in [1.54, 1.807) is 6.20 Å². The predicted octanol–water partition coefficient (Wildman–Crippen LogP) is 1.65. The smallest absolute Gasteiger partial charge is 0.128 e. The van der Waals surface area contributed by atoms with Crippen molar-refractivity contribution in [2.45, 2.75) is 13.8 Å². The molecule has 1 aromatic rings. The van der Waals surface area contributed by atoms with Gasteiger partial charge in [-0.25, -0.2) is 4.98 Å². The Morgan fingerprint density at radius 1 is 1.64 bits per heavy atom. The lowest BCUT2D eigenvalue weighted by atomic mass is 10.2. The molecule has 1 heterocycles. The van der Waals surface area contributed by atoms with E-state index in [4.69, 9.17) is 5.21 Å². The third-order valence-corrected chi connectivity index (χ3v) is 2.20. The van der Waals surface area contributed by atoms with Gasteiger partial charge < -0.3 is 10.1 Å². The maximum Gasteiger partial charge on any atom is 0.128 e. The lowest BCUT2D eigenvalue weighted by molar-refractivity contribution is 0.322. The molecule has 1 aromatic heterocycles. The summed E-state index contributed by atoms with van der Waals surface area (Å²) in [5.41, 5.74) is 1.88. The fourth-order valence-corrected chi connectivity index (χ4v) is 1.12. The van der Waals surface area contributed by atoms with Crippen LogP contribution in [0, 0.1) is 6.92 Å². The summed E-state index contributed by atoms with van der Waals surface area (Å²) in [6.45, 7) is 4.95. The molecule has 0 fully saturated rings. The summed E-state index contributed by atoms with van der Waals surface area (Å²) in [6, 6.07) is 1.97. The molecule has 0 bridgehead atoms. The minimum Gasteiger partial charge on any atom is -0.411 e. The van der Waals surface area contributed by atoms with Crippen LogP contribution >= 0.6 is 0 Å². The lowest BCUT2D eigenvalue weighted by Gasteiger charge is -2.16. The van der Waals surface area contributed by atoms with Gasteiger partial charge in [0.15, 0.2) is 0 Å². The largest absolute Gasteiger partial charge is 0.411 e. The molecule has 0 radical (unpaired) electrons. The van der Waals surface area contributed by atoms with Crippen molar-refractivity contribution in [2.75, 3.05) is 18.5 Å². The summed E-state index contributed by atoms with van der Waals surface area (Å²) >= 11 is 0. The number of anilines is 1. The number of aromatic nitrogens is 1. The highest BCUT2D eigenvalue weighted by atomic mass is 16.4. The Hall–Kier alpha value is -1.58. The topological polar surface area (TPSA) is 48.7 Å². The van der Waals surface area contributed by atoms with Gasteiger partial charge in [0, 0.05) is 25.4 Å². The lowest BCUT2D eigenvalue weighted by Crippen LogP contribution is -2.17. The van der Waals surface area contributed by atoms with Gasteiger partial charge in [0.05, 0.1) is 6.21 Å². The summed E-state index contributed by atoms with van der Waals surface area (Å²) in [5.74, 6) is 0.931. The van der Waals surface area contributed by atoms with Crippen LogP contribution in [0.1, 0.15) is 18.1 Å². The fraction of sp³-hybridized carbons (Fsp3) is 0.400. The van der Waals surface area contributed by atoms with Crippen molar-refractivity contribution < 1.29 is 5.21 Å². The van der Waals surface area contributed by atoms with Crippen LogP contribution in [0.3, 0.4) is 0 Å². The molecular formula is C10H15N3O. The normalized spacial score (nSPS) is 10.8. The van der Waals surface area contributed by atoms with Crippen LogP contribution in [0.2, 0.25) is 0 Å². The van der Waals surface area contributed by atoms with E-state index in [0.29, 0.717) is 0 Å². The molecule has 14 heavy (non-hydrogen) atoms. The van der Waals surface area contributed by atoms with Crippen LogP contribution in [0.15, 0.2) is 17.4 Å². The van der Waals surface area contributed by atoms with Crippen LogP contribution < -0.4 is 4.90 Å². The quantitative estimate of drug-likeness (QED) is 0.451. The molecule has 4 nitrogen and oxygen atoms in total. The van der Waals surface area contributed by atoms with Crippen molar-refractivity contribution in [1.29, 1.82) is 0 Å². The Morgan fingerprint density at radius 3 is 2.86 bits per heavy atom. The first-order valence-electron chi connectivity index (χ1n) is 4.54. The number of nitrogens with zero attached hydrogens (tertiary/aromatic N) is 3. The van der Waals surface area contributed by atoms with Gasteiger partial charge in [0.1, 0.15) is 5.82 Å². The first-order valence-corrected chi connectivity index (χ1v) is 4.54. The van der Waals surface area contributed by atoms with E-state index in [-0.39, 0.29) is 0 Å². The molecule has 1 N–H and O–H groups in total. The van der Waals surface area contributed by atoms with Crippen molar-refractivity contribution in [3.8, 4) is 0 Å². The summed E-state index contributed by atoms with van der Waals surface area (Å²) in [4.78, 5) is 6.30. The van der Waals surface area contributed by atoms with Crippen molar-refractivity contribution in [1.82, 2.24) is 4.98 Å². The maximum atomic E-state index is 8.40. The summed E-state index contributed by atoms with van der Waals surface area (Å²) in [6.07, 6.45) is 3.09. The molecule has 0 unspecified atom stereocenters. The average Bonchev–Trinajstić information content (AvgIpc) is 2.20. The van der Waals surface area contributed by atoms with Crippen LogP contribution in [0.4, 0.5) is 5.82 Å². The monoisotopic (exact) mass is 193 g/mol. The van der Waals surface area contributed by atoms with E-state index in [2.05, 4.69) is 17.1 Å². The molecule has 0 aliphatic carbocycles. The van der Waals surface area contributed by atoms with Gasteiger partial charge in [0.25, 0.3) is 0 Å². The van der Waals surface area contributed by atoms with Crippen molar-refractivity contribution in [3.63, 3.8) is 0 Å². The van der Waals surface area contributed by atoms with Crippen LogP contribution in [-0.4, -0.2) is 30.0 Å². The van der Waals surface area contributed by atoms with E-state index in [1.807, 2.05) is 24.9 Å². The van der Waals surface area contributed by atoms with Crippen molar-refractivity contribution in [3.05, 3.63) is 23.4 Å². The molecule has 4 heteroatoms. The SMILES string of the molecule is CCN(C)c1cc(C)c(/C=N\O)cn1. The third-order valence-electron chi connectivity index (χ3n) is 2.20. The van der Waals surface area contributed by atoms with Crippen LogP contribution in [0.25, 0.3) is 0 Å². The van der Waals surface area contributed by atoms with Gasteiger partial charge in [-0.3, -0.25) is 0 Å². The number of hydrogen-bond donors (Lipinski definition) is 1. The summed E-state index contributed by atoms with van der Waals surface area (Å²) in [5, 5.41) is 11.4. The van der Waals surface area contributed by atoms with Gasteiger partial charge in [-0.1, -0.05) is 5.16 Å². The van der Waals surface area contributed by atoms with E-state index in [0.717, 1.165) is 23.5 Å². The van der Waals surface area contributed by atoms with Gasteiger partial charge in [-0.15, -0.1) is 0 Å². The van der Waals surface area contributed by atoms with Crippen molar-refractivity contribution in [2.24, 2.45) is 5.16 Å². The summed E-state index contributed by atoms with van der Waals surface area (Å²) < 4.78 is 0. The molecule has 0 saturated carbocycles. The first-order chi connectivity index (χ1) is 6.69. The van der Waals surface area contributed by atoms with Gasteiger partial charge in [-0.05, 0) is 25.5 Å². The minimum atomic E-state index is 0.834. The average molecular weight is 193 g/mol. The van der Waals surface area contributed by atoms with E-state index in [1.165, 1.54) is 6.21 Å². The second kappa shape index (κ2) is 4.60. The Morgan fingerprint density at radius 2 is 2.36 bits per heavy atom. The first kappa shape index (κ1) is 10.5. The molecule has 0 atom stereocenters. The number of rotatable bonds is 3.